The van der Waals surface area contributed by atoms with E-state index in [0.29, 0.717) is 31.2 Å². The Morgan fingerprint density at radius 1 is 1.14 bits per heavy atom. The van der Waals surface area contributed by atoms with Crippen molar-refractivity contribution in [2.24, 2.45) is 17.3 Å². The molecule has 0 spiro atoms. The van der Waals surface area contributed by atoms with Crippen molar-refractivity contribution < 1.29 is 9.47 Å². The number of rotatable bonds is 8. The Morgan fingerprint density at radius 3 is 2.59 bits per heavy atom. The molecular weight excluding hydrogens is 272 g/mol. The fourth-order valence-corrected chi connectivity index (χ4v) is 3.53. The van der Waals surface area contributed by atoms with Crippen LogP contribution >= 0.6 is 0 Å². The summed E-state index contributed by atoms with van der Waals surface area (Å²) >= 11 is 0. The molecule has 0 aromatic heterocycles. The van der Waals surface area contributed by atoms with Gasteiger partial charge in [-0.3, -0.25) is 0 Å². The molecule has 2 nitrogen and oxygen atoms in total. The Hall–Kier alpha value is -0.860. The molecule has 0 aliphatic heterocycles. The molecule has 1 aromatic carbocycles. The lowest BCUT2D eigenvalue weighted by Crippen LogP contribution is -2.28. The van der Waals surface area contributed by atoms with Gasteiger partial charge in [-0.25, -0.2) is 0 Å². The van der Waals surface area contributed by atoms with Crippen molar-refractivity contribution in [3.05, 3.63) is 35.9 Å². The lowest BCUT2D eigenvalue weighted by atomic mass is 9.69. The van der Waals surface area contributed by atoms with Crippen molar-refractivity contribution in [2.75, 3.05) is 19.8 Å². The van der Waals surface area contributed by atoms with Crippen LogP contribution in [-0.4, -0.2) is 19.8 Å². The Morgan fingerprint density at radius 2 is 1.86 bits per heavy atom. The summed E-state index contributed by atoms with van der Waals surface area (Å²) in [7, 11) is 0. The zero-order valence-electron chi connectivity index (χ0n) is 14.5. The minimum Gasteiger partial charge on any atom is -0.379 e. The van der Waals surface area contributed by atoms with Gasteiger partial charge in [-0.2, -0.15) is 0 Å². The third-order valence-electron chi connectivity index (χ3n) is 4.91. The summed E-state index contributed by atoms with van der Waals surface area (Å²) in [4.78, 5) is 0. The zero-order chi connectivity index (χ0) is 15.8. The molecule has 2 unspecified atom stereocenters. The van der Waals surface area contributed by atoms with Gasteiger partial charge >= 0.3 is 0 Å². The van der Waals surface area contributed by atoms with Gasteiger partial charge in [0.25, 0.3) is 0 Å². The molecule has 2 heteroatoms. The normalized spacial score (nSPS) is 22.4. The van der Waals surface area contributed by atoms with Gasteiger partial charge in [-0.1, -0.05) is 63.9 Å². The van der Waals surface area contributed by atoms with Gasteiger partial charge < -0.3 is 9.47 Å². The fraction of sp³-hybridized carbons (Fsp3) is 0.700. The zero-order valence-corrected chi connectivity index (χ0v) is 14.5. The van der Waals surface area contributed by atoms with Gasteiger partial charge in [0.15, 0.2) is 0 Å². The number of benzene rings is 1. The van der Waals surface area contributed by atoms with Crippen LogP contribution in [0.3, 0.4) is 0 Å². The van der Waals surface area contributed by atoms with E-state index in [9.17, 15) is 0 Å². The third-order valence-corrected chi connectivity index (χ3v) is 4.91. The average Bonchev–Trinajstić information content (AvgIpc) is 2.50. The van der Waals surface area contributed by atoms with Crippen LogP contribution in [0.4, 0.5) is 0 Å². The van der Waals surface area contributed by atoms with Gasteiger partial charge in [0.05, 0.1) is 19.8 Å². The maximum absolute atomic E-state index is 5.83. The first-order valence-corrected chi connectivity index (χ1v) is 8.76. The van der Waals surface area contributed by atoms with E-state index in [2.05, 4.69) is 32.9 Å². The molecule has 1 aliphatic carbocycles. The van der Waals surface area contributed by atoms with Crippen LogP contribution in [0.5, 0.6) is 0 Å². The highest BCUT2D eigenvalue weighted by Gasteiger charge is 2.30. The molecule has 2 atom stereocenters. The van der Waals surface area contributed by atoms with Crippen molar-refractivity contribution in [3.63, 3.8) is 0 Å². The van der Waals surface area contributed by atoms with Gasteiger partial charge in [0.2, 0.25) is 0 Å². The summed E-state index contributed by atoms with van der Waals surface area (Å²) in [6, 6.07) is 10.3. The van der Waals surface area contributed by atoms with Crippen LogP contribution in [-0.2, 0) is 16.1 Å². The van der Waals surface area contributed by atoms with E-state index in [-0.39, 0.29) is 0 Å². The minimum absolute atomic E-state index is 0.524. The van der Waals surface area contributed by atoms with Crippen molar-refractivity contribution in [1.82, 2.24) is 0 Å². The Balaban J connectivity index is 1.54. The Labute approximate surface area is 136 Å². The van der Waals surface area contributed by atoms with Crippen molar-refractivity contribution in [1.29, 1.82) is 0 Å². The summed E-state index contributed by atoms with van der Waals surface area (Å²) in [6.07, 6.45) is 5.48. The topological polar surface area (TPSA) is 18.5 Å². The fourth-order valence-electron chi connectivity index (χ4n) is 3.53. The maximum Gasteiger partial charge on any atom is 0.0718 e. The molecule has 2 rings (SSSR count). The molecule has 0 radical (unpaired) electrons. The van der Waals surface area contributed by atoms with E-state index in [4.69, 9.17) is 9.47 Å². The molecular formula is C20H32O2. The summed E-state index contributed by atoms with van der Waals surface area (Å²) in [6.45, 7) is 10.1. The van der Waals surface area contributed by atoms with Crippen LogP contribution in [0.15, 0.2) is 30.3 Å². The first kappa shape index (κ1) is 17.5. The van der Waals surface area contributed by atoms with E-state index in [1.807, 2.05) is 18.2 Å². The molecule has 1 fully saturated rings. The number of ether oxygens (including phenoxy) is 2. The summed E-state index contributed by atoms with van der Waals surface area (Å²) < 4.78 is 11.5. The number of hydrogen-bond acceptors (Lipinski definition) is 2. The van der Waals surface area contributed by atoms with Crippen molar-refractivity contribution in [3.8, 4) is 0 Å². The van der Waals surface area contributed by atoms with Crippen LogP contribution in [0, 0.1) is 17.3 Å². The third kappa shape index (κ3) is 6.10. The van der Waals surface area contributed by atoms with E-state index >= 15 is 0 Å². The maximum atomic E-state index is 5.83. The van der Waals surface area contributed by atoms with Gasteiger partial charge in [-0.15, -0.1) is 0 Å². The molecule has 0 heterocycles. The monoisotopic (exact) mass is 304 g/mol. The van der Waals surface area contributed by atoms with Crippen molar-refractivity contribution >= 4 is 0 Å². The van der Waals surface area contributed by atoms with Gasteiger partial charge in [0, 0.05) is 6.61 Å². The van der Waals surface area contributed by atoms with E-state index < -0.39 is 0 Å². The second-order valence-corrected chi connectivity index (χ2v) is 7.61. The van der Waals surface area contributed by atoms with Crippen LogP contribution < -0.4 is 0 Å². The lowest BCUT2D eigenvalue weighted by molar-refractivity contribution is 0.0117. The molecule has 1 aliphatic rings. The summed E-state index contributed by atoms with van der Waals surface area (Å²) in [5.41, 5.74) is 1.75. The predicted molar refractivity (Wildman–Crippen MR) is 91.8 cm³/mol. The first-order chi connectivity index (χ1) is 10.6. The molecule has 0 amide bonds. The average molecular weight is 304 g/mol. The highest BCUT2D eigenvalue weighted by molar-refractivity contribution is 5.13. The van der Waals surface area contributed by atoms with Crippen molar-refractivity contribution in [2.45, 2.75) is 53.1 Å². The molecule has 1 saturated carbocycles. The first-order valence-electron chi connectivity index (χ1n) is 8.76. The van der Waals surface area contributed by atoms with E-state index in [1.165, 1.54) is 31.2 Å². The minimum atomic E-state index is 0.524. The standard InChI is InChI=1S/C20H32O2/c1-17(19-10-7-11-20(2,3)14-19)15-21-12-13-22-16-18-8-5-4-6-9-18/h4-6,8-9,17,19H,7,10-16H2,1-3H3. The quantitative estimate of drug-likeness (QED) is 0.624. The second kappa shape index (κ2) is 8.69. The molecule has 124 valence electrons. The highest BCUT2D eigenvalue weighted by atomic mass is 16.5. The molecule has 0 bridgehead atoms. The van der Waals surface area contributed by atoms with Crippen LogP contribution in [0.1, 0.15) is 52.0 Å². The van der Waals surface area contributed by atoms with Crippen LogP contribution in [0.2, 0.25) is 0 Å². The highest BCUT2D eigenvalue weighted by Crippen LogP contribution is 2.41. The predicted octanol–water partition coefficient (Wildman–Crippen LogP) is 5.07. The lowest BCUT2D eigenvalue weighted by Gasteiger charge is -2.38. The smallest absolute Gasteiger partial charge is 0.0718 e. The molecule has 1 aromatic rings. The largest absolute Gasteiger partial charge is 0.379 e. The second-order valence-electron chi connectivity index (χ2n) is 7.61. The molecule has 0 N–H and O–H groups in total. The van der Waals surface area contributed by atoms with Crippen LogP contribution in [0.25, 0.3) is 0 Å². The van der Waals surface area contributed by atoms with E-state index in [1.54, 1.807) is 0 Å². The Bertz CT molecular complexity index is 413. The molecule has 22 heavy (non-hydrogen) atoms. The summed E-state index contributed by atoms with van der Waals surface area (Å²) in [5, 5.41) is 0. The van der Waals surface area contributed by atoms with Gasteiger partial charge in [-0.05, 0) is 35.7 Å². The van der Waals surface area contributed by atoms with Gasteiger partial charge in [0.1, 0.15) is 0 Å². The number of hydrogen-bond donors (Lipinski definition) is 0. The van der Waals surface area contributed by atoms with E-state index in [0.717, 1.165) is 12.5 Å². The molecule has 0 saturated heterocycles. The Kier molecular flexibility index (Phi) is 6.91. The summed E-state index contributed by atoms with van der Waals surface area (Å²) in [5.74, 6) is 1.49. The SMILES string of the molecule is CC(COCCOCc1ccccc1)C1CCCC(C)(C)C1.